The molecule has 0 aliphatic rings. The van der Waals surface area contributed by atoms with Gasteiger partial charge in [0, 0.05) is 5.56 Å². The molecule has 0 atom stereocenters. The van der Waals surface area contributed by atoms with Crippen LogP contribution in [0, 0.1) is 4.91 Å². The van der Waals surface area contributed by atoms with Crippen LogP contribution in [0.3, 0.4) is 0 Å². The zero-order chi connectivity index (χ0) is 12.4. The molecule has 2 rings (SSSR count). The number of aromatic hydroxyl groups is 1. The number of pyridine rings is 1. The molecule has 0 amide bonds. The molecule has 0 saturated heterocycles. The normalized spacial score (nSPS) is 10.2. The number of halogens is 2. The lowest BCUT2D eigenvalue weighted by Crippen LogP contribution is -1.83. The van der Waals surface area contributed by atoms with Gasteiger partial charge in [-0.1, -0.05) is 23.2 Å². The number of hydrogen-bond acceptors (Lipinski definition) is 4. The molecule has 0 spiro atoms. The first kappa shape index (κ1) is 11.8. The highest BCUT2D eigenvalue weighted by Crippen LogP contribution is 2.35. The Morgan fingerprint density at radius 3 is 2.29 bits per heavy atom. The van der Waals surface area contributed by atoms with Crippen molar-refractivity contribution in [3.05, 3.63) is 45.4 Å². The van der Waals surface area contributed by atoms with Crippen LogP contribution in [0.4, 0.5) is 5.69 Å². The molecule has 1 aromatic heterocycles. The Bertz CT molecular complexity index is 547. The highest BCUT2D eigenvalue weighted by Gasteiger charge is 2.08. The standard InChI is InChI=1S/C11H6Cl2N2O2/c12-8-3-6(4-9(13)11(8)16)10-2-1-7(15-17)5-14-10/h1-5,16H. The molecule has 0 aliphatic heterocycles. The van der Waals surface area contributed by atoms with Crippen molar-refractivity contribution >= 4 is 28.9 Å². The van der Waals surface area contributed by atoms with Crippen molar-refractivity contribution < 1.29 is 5.11 Å². The first-order valence-electron chi connectivity index (χ1n) is 4.59. The van der Waals surface area contributed by atoms with Gasteiger partial charge in [-0.3, -0.25) is 4.98 Å². The lowest BCUT2D eigenvalue weighted by atomic mass is 10.1. The van der Waals surface area contributed by atoms with Crippen LogP contribution in [0.2, 0.25) is 10.0 Å². The number of nitroso groups, excluding NO2 is 1. The Balaban J connectivity index is 2.49. The second kappa shape index (κ2) is 4.69. The SMILES string of the molecule is O=Nc1ccc(-c2cc(Cl)c(O)c(Cl)c2)nc1. The lowest BCUT2D eigenvalue weighted by molar-refractivity contribution is 0.476. The molecule has 1 heterocycles. The topological polar surface area (TPSA) is 62.5 Å². The van der Waals surface area contributed by atoms with Gasteiger partial charge >= 0.3 is 0 Å². The van der Waals surface area contributed by atoms with Crippen molar-refractivity contribution in [1.29, 1.82) is 0 Å². The van der Waals surface area contributed by atoms with E-state index in [0.29, 0.717) is 11.3 Å². The maximum Gasteiger partial charge on any atom is 0.152 e. The van der Waals surface area contributed by atoms with E-state index in [0.717, 1.165) is 0 Å². The largest absolute Gasteiger partial charge is 0.505 e. The van der Waals surface area contributed by atoms with Gasteiger partial charge < -0.3 is 5.11 Å². The summed E-state index contributed by atoms with van der Waals surface area (Å²) in [5.41, 5.74) is 1.47. The molecule has 4 nitrogen and oxygen atoms in total. The van der Waals surface area contributed by atoms with Crippen molar-refractivity contribution in [2.24, 2.45) is 5.18 Å². The quantitative estimate of drug-likeness (QED) is 0.832. The number of aromatic nitrogens is 1. The minimum Gasteiger partial charge on any atom is -0.505 e. The van der Waals surface area contributed by atoms with Gasteiger partial charge in [0.1, 0.15) is 5.69 Å². The minimum atomic E-state index is -0.164. The molecule has 2 aromatic rings. The molecule has 0 radical (unpaired) electrons. The summed E-state index contributed by atoms with van der Waals surface area (Å²) in [6.45, 7) is 0. The summed E-state index contributed by atoms with van der Waals surface area (Å²) < 4.78 is 0. The van der Waals surface area contributed by atoms with Crippen LogP contribution in [-0.2, 0) is 0 Å². The molecule has 0 fully saturated rings. The van der Waals surface area contributed by atoms with Gasteiger partial charge in [0.15, 0.2) is 5.75 Å². The fourth-order valence-corrected chi connectivity index (χ4v) is 1.81. The number of benzene rings is 1. The fraction of sp³-hybridized carbons (Fsp3) is 0. The van der Waals surface area contributed by atoms with E-state index in [-0.39, 0.29) is 21.5 Å². The van der Waals surface area contributed by atoms with Crippen molar-refractivity contribution in [1.82, 2.24) is 4.98 Å². The number of phenolic OH excluding ortho intramolecular Hbond substituents is 1. The Morgan fingerprint density at radius 2 is 1.82 bits per heavy atom. The van der Waals surface area contributed by atoms with Gasteiger partial charge in [0.05, 0.1) is 21.9 Å². The second-order valence-electron chi connectivity index (χ2n) is 3.28. The lowest BCUT2D eigenvalue weighted by Gasteiger charge is -2.05. The van der Waals surface area contributed by atoms with Gasteiger partial charge in [-0.05, 0) is 29.4 Å². The average molecular weight is 269 g/mol. The maximum absolute atomic E-state index is 10.2. The molecule has 6 heteroatoms. The summed E-state index contributed by atoms with van der Waals surface area (Å²) in [6.07, 6.45) is 1.34. The summed E-state index contributed by atoms with van der Waals surface area (Å²) in [5.74, 6) is -0.164. The highest BCUT2D eigenvalue weighted by molar-refractivity contribution is 6.37. The molecule has 0 saturated carbocycles. The van der Waals surface area contributed by atoms with Crippen LogP contribution in [-0.4, -0.2) is 10.1 Å². The van der Waals surface area contributed by atoms with E-state index in [1.807, 2.05) is 0 Å². The molecule has 86 valence electrons. The van der Waals surface area contributed by atoms with Crippen molar-refractivity contribution in [3.63, 3.8) is 0 Å². The minimum absolute atomic E-state index is 0.145. The summed E-state index contributed by atoms with van der Waals surface area (Å²) in [5, 5.41) is 12.5. The number of rotatable bonds is 2. The maximum atomic E-state index is 10.2. The Kier molecular flexibility index (Phi) is 3.26. The van der Waals surface area contributed by atoms with E-state index in [4.69, 9.17) is 23.2 Å². The Hall–Kier alpha value is -1.65. The van der Waals surface area contributed by atoms with E-state index in [1.54, 1.807) is 18.2 Å². The molecule has 1 aromatic carbocycles. The fourth-order valence-electron chi connectivity index (χ4n) is 1.32. The van der Waals surface area contributed by atoms with Crippen LogP contribution in [0.1, 0.15) is 0 Å². The van der Waals surface area contributed by atoms with Crippen LogP contribution in [0.5, 0.6) is 5.75 Å². The number of hydrogen-bond donors (Lipinski definition) is 1. The van der Waals surface area contributed by atoms with Gasteiger partial charge in [0.2, 0.25) is 0 Å². The third kappa shape index (κ3) is 2.38. The van der Waals surface area contributed by atoms with E-state index in [2.05, 4.69) is 10.2 Å². The molecule has 17 heavy (non-hydrogen) atoms. The van der Waals surface area contributed by atoms with Gasteiger partial charge in [0.25, 0.3) is 0 Å². The first-order chi connectivity index (χ1) is 8.11. The summed E-state index contributed by atoms with van der Waals surface area (Å²) >= 11 is 11.6. The van der Waals surface area contributed by atoms with Crippen molar-refractivity contribution in [2.75, 3.05) is 0 Å². The van der Waals surface area contributed by atoms with Crippen molar-refractivity contribution in [3.8, 4) is 17.0 Å². The number of phenols is 1. The van der Waals surface area contributed by atoms with E-state index in [9.17, 15) is 10.0 Å². The molecule has 0 aliphatic carbocycles. The van der Waals surface area contributed by atoms with E-state index >= 15 is 0 Å². The zero-order valence-corrected chi connectivity index (χ0v) is 9.90. The van der Waals surface area contributed by atoms with Gasteiger partial charge in [-0.2, -0.15) is 0 Å². The van der Waals surface area contributed by atoms with Gasteiger partial charge in [-0.15, -0.1) is 4.91 Å². The Labute approximate surface area is 107 Å². The monoisotopic (exact) mass is 268 g/mol. The highest BCUT2D eigenvalue weighted by atomic mass is 35.5. The molecular weight excluding hydrogens is 263 g/mol. The molecule has 1 N–H and O–H groups in total. The zero-order valence-electron chi connectivity index (χ0n) is 8.39. The third-order valence-electron chi connectivity index (χ3n) is 2.17. The van der Waals surface area contributed by atoms with E-state index in [1.165, 1.54) is 12.3 Å². The predicted molar refractivity (Wildman–Crippen MR) is 66.8 cm³/mol. The summed E-state index contributed by atoms with van der Waals surface area (Å²) in [4.78, 5) is 14.3. The van der Waals surface area contributed by atoms with Crippen molar-refractivity contribution in [2.45, 2.75) is 0 Å². The third-order valence-corrected chi connectivity index (χ3v) is 2.74. The molecular formula is C11H6Cl2N2O2. The second-order valence-corrected chi connectivity index (χ2v) is 4.10. The smallest absolute Gasteiger partial charge is 0.152 e. The predicted octanol–water partition coefficient (Wildman–Crippen LogP) is 4.16. The molecule has 0 unspecified atom stereocenters. The van der Waals surface area contributed by atoms with Crippen LogP contribution in [0.15, 0.2) is 35.6 Å². The van der Waals surface area contributed by atoms with Gasteiger partial charge in [-0.25, -0.2) is 0 Å². The van der Waals surface area contributed by atoms with Crippen LogP contribution >= 0.6 is 23.2 Å². The van der Waals surface area contributed by atoms with Crippen LogP contribution < -0.4 is 0 Å². The Morgan fingerprint density at radius 1 is 1.18 bits per heavy atom. The van der Waals surface area contributed by atoms with E-state index < -0.39 is 0 Å². The summed E-state index contributed by atoms with van der Waals surface area (Å²) in [7, 11) is 0. The first-order valence-corrected chi connectivity index (χ1v) is 5.35. The average Bonchev–Trinajstić information content (AvgIpc) is 2.35. The molecule has 0 bridgehead atoms. The van der Waals surface area contributed by atoms with Crippen LogP contribution in [0.25, 0.3) is 11.3 Å². The number of nitrogens with zero attached hydrogens (tertiary/aromatic N) is 2. The summed E-state index contributed by atoms with van der Waals surface area (Å²) in [6, 6.07) is 6.23.